The van der Waals surface area contributed by atoms with Gasteiger partial charge in [0.1, 0.15) is 5.82 Å². The number of carbonyl (C=O) groups excluding carboxylic acids is 2. The minimum Gasteiger partial charge on any atom is -0.493 e. The zero-order valence-corrected chi connectivity index (χ0v) is 19.1. The van der Waals surface area contributed by atoms with Gasteiger partial charge in [0.2, 0.25) is 0 Å². The number of nitrogens with one attached hydrogen (secondary N) is 2. The molecule has 33 heavy (non-hydrogen) atoms. The molecule has 3 aromatic rings. The molecule has 172 valence electrons. The van der Waals surface area contributed by atoms with Crippen molar-refractivity contribution in [3.05, 3.63) is 88.7 Å². The predicted octanol–water partition coefficient (Wildman–Crippen LogP) is 4.96. The van der Waals surface area contributed by atoms with E-state index in [1.807, 2.05) is 32.9 Å². The zero-order chi connectivity index (χ0) is 24.0. The van der Waals surface area contributed by atoms with Gasteiger partial charge in [-0.15, -0.1) is 0 Å². The molecule has 0 saturated heterocycles. The van der Waals surface area contributed by atoms with Crippen molar-refractivity contribution in [2.24, 2.45) is 0 Å². The third kappa shape index (κ3) is 6.32. The topological polar surface area (TPSA) is 76.7 Å². The van der Waals surface area contributed by atoms with Crippen molar-refractivity contribution in [1.29, 1.82) is 0 Å². The molecule has 0 bridgehead atoms. The Morgan fingerprint density at radius 1 is 0.970 bits per heavy atom. The molecule has 0 heterocycles. The number of carbonyl (C=O) groups is 2. The lowest BCUT2D eigenvalue weighted by Gasteiger charge is -2.18. The molecule has 2 amide bonds. The van der Waals surface area contributed by atoms with E-state index in [9.17, 15) is 14.0 Å². The minimum atomic E-state index is -0.409. The van der Waals surface area contributed by atoms with Gasteiger partial charge in [0.15, 0.2) is 18.1 Å². The Hall–Kier alpha value is -3.87. The molecule has 0 aliphatic carbocycles. The second-order valence-electron chi connectivity index (χ2n) is 7.76. The lowest BCUT2D eigenvalue weighted by molar-refractivity contribution is -0.118. The smallest absolute Gasteiger partial charge is 0.262 e. The average Bonchev–Trinajstić information content (AvgIpc) is 2.80. The second-order valence-corrected chi connectivity index (χ2v) is 7.76. The summed E-state index contributed by atoms with van der Waals surface area (Å²) in [6.45, 7) is 5.69. The first-order valence-corrected chi connectivity index (χ1v) is 10.5. The maximum atomic E-state index is 13.0. The number of ether oxygens (including phenoxy) is 2. The van der Waals surface area contributed by atoms with Gasteiger partial charge in [-0.05, 0) is 74.4 Å². The lowest BCUT2D eigenvalue weighted by atomic mass is 9.99. The summed E-state index contributed by atoms with van der Waals surface area (Å²) in [6.07, 6.45) is 0. The van der Waals surface area contributed by atoms with Crippen LogP contribution < -0.4 is 20.1 Å². The van der Waals surface area contributed by atoms with Crippen LogP contribution in [0.1, 0.15) is 40.0 Å². The van der Waals surface area contributed by atoms with Crippen LogP contribution in [-0.4, -0.2) is 25.5 Å². The molecule has 0 aliphatic rings. The number of amides is 2. The Bertz CT molecular complexity index is 1150. The largest absolute Gasteiger partial charge is 0.493 e. The first kappa shape index (κ1) is 23.8. The molecular weight excluding hydrogens is 423 g/mol. The van der Waals surface area contributed by atoms with Crippen molar-refractivity contribution in [3.8, 4) is 11.5 Å². The van der Waals surface area contributed by atoms with E-state index in [4.69, 9.17) is 9.47 Å². The maximum Gasteiger partial charge on any atom is 0.262 e. The average molecular weight is 451 g/mol. The van der Waals surface area contributed by atoms with Gasteiger partial charge in [-0.2, -0.15) is 0 Å². The SMILES string of the molecule is COc1cc(C(=O)N[C@H](C)c2cc(C)ccc2C)ccc1OCC(=O)Nc1ccc(F)cc1. The molecule has 0 spiro atoms. The van der Waals surface area contributed by atoms with Crippen LogP contribution in [0.25, 0.3) is 0 Å². The standard InChI is InChI=1S/C26H27FN2O4/c1-16-5-6-17(2)22(13-16)18(3)28-26(31)19-7-12-23(24(14-19)32-4)33-15-25(30)29-21-10-8-20(27)9-11-21/h5-14,18H,15H2,1-4H3,(H,28,31)(H,29,30)/t18-/m1/s1. The number of methoxy groups -OCH3 is 1. The molecule has 2 N–H and O–H groups in total. The highest BCUT2D eigenvalue weighted by atomic mass is 19.1. The summed E-state index contributed by atoms with van der Waals surface area (Å²) in [5.41, 5.74) is 4.16. The van der Waals surface area contributed by atoms with E-state index in [0.29, 0.717) is 22.7 Å². The fourth-order valence-corrected chi connectivity index (χ4v) is 3.39. The number of rotatable bonds is 8. The van der Waals surface area contributed by atoms with Crippen LogP contribution in [0.5, 0.6) is 11.5 Å². The number of hydrogen-bond acceptors (Lipinski definition) is 4. The van der Waals surface area contributed by atoms with Crippen LogP contribution in [0.4, 0.5) is 10.1 Å². The highest BCUT2D eigenvalue weighted by molar-refractivity contribution is 5.95. The van der Waals surface area contributed by atoms with Crippen molar-refractivity contribution in [1.82, 2.24) is 5.32 Å². The van der Waals surface area contributed by atoms with Crippen LogP contribution in [0, 0.1) is 19.7 Å². The molecule has 0 fully saturated rings. The molecule has 0 aromatic heterocycles. The zero-order valence-electron chi connectivity index (χ0n) is 19.1. The summed E-state index contributed by atoms with van der Waals surface area (Å²) in [5.74, 6) is -0.390. The van der Waals surface area contributed by atoms with Gasteiger partial charge >= 0.3 is 0 Å². The molecule has 0 saturated carbocycles. The quantitative estimate of drug-likeness (QED) is 0.509. The summed E-state index contributed by atoms with van der Waals surface area (Å²) >= 11 is 0. The fraction of sp³-hybridized carbons (Fsp3) is 0.231. The van der Waals surface area contributed by atoms with Crippen molar-refractivity contribution < 1.29 is 23.5 Å². The maximum absolute atomic E-state index is 13.0. The van der Waals surface area contributed by atoms with Gasteiger partial charge in [0.25, 0.3) is 11.8 Å². The van der Waals surface area contributed by atoms with Crippen molar-refractivity contribution in [3.63, 3.8) is 0 Å². The molecule has 0 unspecified atom stereocenters. The normalized spacial score (nSPS) is 11.4. The first-order chi connectivity index (χ1) is 15.8. The van der Waals surface area contributed by atoms with E-state index in [1.54, 1.807) is 18.2 Å². The van der Waals surface area contributed by atoms with E-state index in [-0.39, 0.29) is 24.4 Å². The van der Waals surface area contributed by atoms with Gasteiger partial charge < -0.3 is 20.1 Å². The molecule has 1 atom stereocenters. The van der Waals surface area contributed by atoms with Crippen LogP contribution in [0.3, 0.4) is 0 Å². The number of benzene rings is 3. The van der Waals surface area contributed by atoms with Crippen molar-refractivity contribution >= 4 is 17.5 Å². The molecule has 0 aliphatic heterocycles. The molecule has 3 rings (SSSR count). The predicted molar refractivity (Wildman–Crippen MR) is 125 cm³/mol. The fourth-order valence-electron chi connectivity index (χ4n) is 3.39. The van der Waals surface area contributed by atoms with E-state index in [2.05, 4.69) is 16.7 Å². The van der Waals surface area contributed by atoms with Gasteiger partial charge in [-0.1, -0.05) is 23.8 Å². The minimum absolute atomic E-state index is 0.172. The molecule has 7 heteroatoms. The Morgan fingerprint density at radius 3 is 2.39 bits per heavy atom. The molecule has 0 radical (unpaired) electrons. The van der Waals surface area contributed by atoms with Crippen LogP contribution in [0.2, 0.25) is 0 Å². The monoisotopic (exact) mass is 450 g/mol. The summed E-state index contributed by atoms with van der Waals surface area (Å²) in [7, 11) is 1.46. The number of aryl methyl sites for hydroxylation is 2. The molecule has 3 aromatic carbocycles. The summed E-state index contributed by atoms with van der Waals surface area (Å²) in [4.78, 5) is 24.9. The molecule has 6 nitrogen and oxygen atoms in total. The van der Waals surface area contributed by atoms with E-state index in [1.165, 1.54) is 31.4 Å². The Balaban J connectivity index is 1.63. The first-order valence-electron chi connectivity index (χ1n) is 10.5. The summed E-state index contributed by atoms with van der Waals surface area (Å²) in [6, 6.07) is 16.2. The summed E-state index contributed by atoms with van der Waals surface area (Å²) < 4.78 is 23.9. The highest BCUT2D eigenvalue weighted by Gasteiger charge is 2.16. The highest BCUT2D eigenvalue weighted by Crippen LogP contribution is 2.28. The number of anilines is 1. The van der Waals surface area contributed by atoms with E-state index >= 15 is 0 Å². The third-order valence-electron chi connectivity index (χ3n) is 5.16. The number of halogens is 1. The van der Waals surface area contributed by atoms with E-state index < -0.39 is 5.91 Å². The van der Waals surface area contributed by atoms with Crippen molar-refractivity contribution in [2.75, 3.05) is 19.0 Å². The van der Waals surface area contributed by atoms with Gasteiger partial charge in [0, 0.05) is 11.3 Å². The van der Waals surface area contributed by atoms with Gasteiger partial charge in [-0.3, -0.25) is 9.59 Å². The Morgan fingerprint density at radius 2 is 1.70 bits per heavy atom. The summed E-state index contributed by atoms with van der Waals surface area (Å²) in [5, 5.41) is 5.62. The van der Waals surface area contributed by atoms with Crippen LogP contribution >= 0.6 is 0 Å². The molecular formula is C26H27FN2O4. The van der Waals surface area contributed by atoms with Crippen LogP contribution in [-0.2, 0) is 4.79 Å². The lowest BCUT2D eigenvalue weighted by Crippen LogP contribution is -2.27. The van der Waals surface area contributed by atoms with Crippen LogP contribution in [0.15, 0.2) is 60.7 Å². The van der Waals surface area contributed by atoms with E-state index in [0.717, 1.165) is 16.7 Å². The van der Waals surface area contributed by atoms with Gasteiger partial charge in [0.05, 0.1) is 13.2 Å². The van der Waals surface area contributed by atoms with Crippen molar-refractivity contribution in [2.45, 2.75) is 26.8 Å². The number of hydrogen-bond donors (Lipinski definition) is 2. The Labute approximate surface area is 192 Å². The Kier molecular flexibility index (Phi) is 7.66. The van der Waals surface area contributed by atoms with Gasteiger partial charge in [-0.25, -0.2) is 4.39 Å². The second kappa shape index (κ2) is 10.6. The third-order valence-corrected chi connectivity index (χ3v) is 5.16.